The first-order chi connectivity index (χ1) is 8.24. The number of aromatic nitrogens is 2. The van der Waals surface area contributed by atoms with Gasteiger partial charge in [-0.2, -0.15) is 0 Å². The standard InChI is InChI=1S/C12H11ClN4/c13-10-5-16-12(3-11(10)14)17-6-8-1-2-15-4-9(8)7-17/h1-5H,6-7H2,(H2,14,16). The number of pyridine rings is 2. The highest BCUT2D eigenvalue weighted by Crippen LogP contribution is 2.29. The normalized spacial score (nSPS) is 13.8. The Morgan fingerprint density at radius 1 is 1.24 bits per heavy atom. The zero-order valence-electron chi connectivity index (χ0n) is 9.10. The van der Waals surface area contributed by atoms with Crippen LogP contribution in [0.15, 0.2) is 30.7 Å². The molecule has 0 bridgehead atoms. The van der Waals surface area contributed by atoms with Gasteiger partial charge < -0.3 is 10.6 Å². The maximum absolute atomic E-state index is 5.86. The minimum atomic E-state index is 0.493. The largest absolute Gasteiger partial charge is 0.397 e. The highest BCUT2D eigenvalue weighted by atomic mass is 35.5. The van der Waals surface area contributed by atoms with Crippen molar-refractivity contribution in [1.29, 1.82) is 0 Å². The molecule has 2 aromatic rings. The van der Waals surface area contributed by atoms with Crippen molar-refractivity contribution in [1.82, 2.24) is 9.97 Å². The molecule has 1 aliphatic heterocycles. The van der Waals surface area contributed by atoms with Gasteiger partial charge in [0.2, 0.25) is 0 Å². The van der Waals surface area contributed by atoms with Gasteiger partial charge in [0.1, 0.15) is 5.82 Å². The lowest BCUT2D eigenvalue weighted by Crippen LogP contribution is -2.16. The molecule has 0 aliphatic carbocycles. The first kappa shape index (κ1) is 10.4. The third-order valence-electron chi connectivity index (χ3n) is 2.92. The van der Waals surface area contributed by atoms with Gasteiger partial charge in [0.05, 0.1) is 10.7 Å². The lowest BCUT2D eigenvalue weighted by molar-refractivity contribution is 0.857. The van der Waals surface area contributed by atoms with E-state index < -0.39 is 0 Å². The number of hydrogen-bond donors (Lipinski definition) is 1. The summed E-state index contributed by atoms with van der Waals surface area (Å²) in [5, 5.41) is 0.493. The molecule has 17 heavy (non-hydrogen) atoms. The summed E-state index contributed by atoms with van der Waals surface area (Å²) in [5.74, 6) is 0.850. The van der Waals surface area contributed by atoms with E-state index in [-0.39, 0.29) is 0 Å². The predicted molar refractivity (Wildman–Crippen MR) is 67.8 cm³/mol. The van der Waals surface area contributed by atoms with Crippen LogP contribution < -0.4 is 10.6 Å². The van der Waals surface area contributed by atoms with Gasteiger partial charge in [-0.05, 0) is 17.2 Å². The Hall–Kier alpha value is -1.81. The van der Waals surface area contributed by atoms with Gasteiger partial charge in [0, 0.05) is 37.7 Å². The number of nitrogens with two attached hydrogens (primary N) is 1. The molecule has 0 radical (unpaired) electrons. The van der Waals surface area contributed by atoms with Crippen molar-refractivity contribution in [3.05, 3.63) is 46.9 Å². The first-order valence-electron chi connectivity index (χ1n) is 5.32. The second-order valence-electron chi connectivity index (χ2n) is 4.06. The molecule has 0 unspecified atom stereocenters. The number of hydrogen-bond acceptors (Lipinski definition) is 4. The molecule has 4 nitrogen and oxygen atoms in total. The molecule has 3 heterocycles. The summed E-state index contributed by atoms with van der Waals surface area (Å²) < 4.78 is 0. The number of nitrogen functional groups attached to an aromatic ring is 1. The van der Waals surface area contributed by atoms with Crippen LogP contribution >= 0.6 is 11.6 Å². The van der Waals surface area contributed by atoms with Crippen LogP contribution in [-0.2, 0) is 13.1 Å². The Labute approximate surface area is 104 Å². The summed E-state index contributed by atoms with van der Waals surface area (Å²) in [4.78, 5) is 10.6. The van der Waals surface area contributed by atoms with Gasteiger partial charge in [-0.15, -0.1) is 0 Å². The van der Waals surface area contributed by atoms with Crippen LogP contribution in [0.2, 0.25) is 5.02 Å². The lowest BCUT2D eigenvalue weighted by Gasteiger charge is -2.16. The lowest BCUT2D eigenvalue weighted by atomic mass is 10.2. The second kappa shape index (κ2) is 3.89. The van der Waals surface area contributed by atoms with Crippen molar-refractivity contribution in [2.24, 2.45) is 0 Å². The maximum Gasteiger partial charge on any atom is 0.131 e. The molecule has 0 aromatic carbocycles. The number of nitrogens with zero attached hydrogens (tertiary/aromatic N) is 3. The molecule has 2 N–H and O–H groups in total. The highest BCUT2D eigenvalue weighted by Gasteiger charge is 2.20. The van der Waals surface area contributed by atoms with Crippen LogP contribution in [0.1, 0.15) is 11.1 Å². The Balaban J connectivity index is 1.91. The molecule has 5 heteroatoms. The second-order valence-corrected chi connectivity index (χ2v) is 4.47. The Morgan fingerprint density at radius 2 is 2.06 bits per heavy atom. The third kappa shape index (κ3) is 1.80. The van der Waals surface area contributed by atoms with Crippen molar-refractivity contribution in [2.75, 3.05) is 10.6 Å². The quantitative estimate of drug-likeness (QED) is 0.838. The molecule has 0 atom stereocenters. The first-order valence-corrected chi connectivity index (χ1v) is 5.69. The van der Waals surface area contributed by atoms with Gasteiger partial charge in [0.15, 0.2) is 0 Å². The van der Waals surface area contributed by atoms with Gasteiger partial charge in [0.25, 0.3) is 0 Å². The van der Waals surface area contributed by atoms with Crippen LogP contribution in [0.25, 0.3) is 0 Å². The highest BCUT2D eigenvalue weighted by molar-refractivity contribution is 6.32. The smallest absolute Gasteiger partial charge is 0.131 e. The number of fused-ring (bicyclic) bond motifs is 1. The van der Waals surface area contributed by atoms with Gasteiger partial charge >= 0.3 is 0 Å². The minimum Gasteiger partial charge on any atom is -0.397 e. The van der Waals surface area contributed by atoms with E-state index in [2.05, 4.69) is 14.9 Å². The van der Waals surface area contributed by atoms with Crippen LogP contribution in [-0.4, -0.2) is 9.97 Å². The van der Waals surface area contributed by atoms with Crippen LogP contribution in [0, 0.1) is 0 Å². The van der Waals surface area contributed by atoms with E-state index in [0.717, 1.165) is 18.9 Å². The minimum absolute atomic E-state index is 0.493. The molecule has 86 valence electrons. The summed E-state index contributed by atoms with van der Waals surface area (Å²) in [7, 11) is 0. The van der Waals surface area contributed by atoms with Crippen molar-refractivity contribution < 1.29 is 0 Å². The van der Waals surface area contributed by atoms with Crippen molar-refractivity contribution in [3.8, 4) is 0 Å². The average Bonchev–Trinajstić information content (AvgIpc) is 2.76. The number of halogens is 1. The van der Waals surface area contributed by atoms with Crippen LogP contribution in [0.5, 0.6) is 0 Å². The van der Waals surface area contributed by atoms with Crippen molar-refractivity contribution in [3.63, 3.8) is 0 Å². The molecular weight excluding hydrogens is 236 g/mol. The van der Waals surface area contributed by atoms with Crippen LogP contribution in [0.4, 0.5) is 11.5 Å². The summed E-state index contributed by atoms with van der Waals surface area (Å²) in [6.45, 7) is 1.66. The zero-order valence-corrected chi connectivity index (χ0v) is 9.85. The van der Waals surface area contributed by atoms with Gasteiger partial charge in [-0.25, -0.2) is 4.98 Å². The molecule has 3 rings (SSSR count). The van der Waals surface area contributed by atoms with Gasteiger partial charge in [-0.1, -0.05) is 11.6 Å². The summed E-state index contributed by atoms with van der Waals surface area (Å²) in [6.07, 6.45) is 5.30. The van der Waals surface area contributed by atoms with Crippen molar-refractivity contribution >= 4 is 23.1 Å². The molecule has 0 saturated heterocycles. The fraction of sp³-hybridized carbons (Fsp3) is 0.167. The fourth-order valence-electron chi connectivity index (χ4n) is 2.00. The molecule has 0 saturated carbocycles. The summed E-state index contributed by atoms with van der Waals surface area (Å²) in [5.41, 5.74) is 8.87. The number of rotatable bonds is 1. The Bertz CT molecular complexity index is 545. The van der Waals surface area contributed by atoms with E-state index in [9.17, 15) is 0 Å². The van der Waals surface area contributed by atoms with E-state index >= 15 is 0 Å². The summed E-state index contributed by atoms with van der Waals surface area (Å²) >= 11 is 5.86. The predicted octanol–water partition coefficient (Wildman–Crippen LogP) is 2.23. The molecule has 0 fully saturated rings. The van der Waals surface area contributed by atoms with E-state index in [0.29, 0.717) is 10.7 Å². The zero-order chi connectivity index (χ0) is 11.8. The Kier molecular flexibility index (Phi) is 2.37. The Morgan fingerprint density at radius 3 is 2.82 bits per heavy atom. The van der Waals surface area contributed by atoms with Gasteiger partial charge in [-0.3, -0.25) is 4.98 Å². The molecule has 0 spiro atoms. The number of anilines is 2. The molecule has 2 aromatic heterocycles. The van der Waals surface area contributed by atoms with Crippen LogP contribution in [0.3, 0.4) is 0 Å². The molecule has 1 aliphatic rings. The maximum atomic E-state index is 5.86. The monoisotopic (exact) mass is 246 g/mol. The topological polar surface area (TPSA) is 55.0 Å². The van der Waals surface area contributed by atoms with E-state index in [1.54, 1.807) is 6.20 Å². The molecule has 0 amide bonds. The summed E-state index contributed by atoms with van der Waals surface area (Å²) in [6, 6.07) is 3.84. The van der Waals surface area contributed by atoms with E-state index in [1.165, 1.54) is 11.1 Å². The third-order valence-corrected chi connectivity index (χ3v) is 3.24. The fourth-order valence-corrected chi connectivity index (χ4v) is 2.10. The van der Waals surface area contributed by atoms with E-state index in [1.807, 2.05) is 24.5 Å². The molecular formula is C12H11ClN4. The SMILES string of the molecule is Nc1cc(N2Cc3ccncc3C2)ncc1Cl. The van der Waals surface area contributed by atoms with Crippen molar-refractivity contribution in [2.45, 2.75) is 13.1 Å². The van der Waals surface area contributed by atoms with E-state index in [4.69, 9.17) is 17.3 Å². The average molecular weight is 247 g/mol.